The van der Waals surface area contributed by atoms with E-state index in [1.807, 2.05) is 0 Å². The third-order valence-corrected chi connectivity index (χ3v) is 3.26. The van der Waals surface area contributed by atoms with Crippen LogP contribution in [0.4, 0.5) is 10.1 Å². The minimum Gasteiger partial charge on any atom is -0.258 e. The van der Waals surface area contributed by atoms with Gasteiger partial charge in [-0.3, -0.25) is 10.1 Å². The van der Waals surface area contributed by atoms with Gasteiger partial charge in [-0.25, -0.2) is 13.1 Å². The molecule has 0 aliphatic heterocycles. The van der Waals surface area contributed by atoms with Crippen LogP contribution in [0, 0.1) is 15.9 Å². The van der Waals surface area contributed by atoms with Gasteiger partial charge < -0.3 is 0 Å². The van der Waals surface area contributed by atoms with Gasteiger partial charge in [0.1, 0.15) is 0 Å². The number of benzene rings is 1. The van der Waals surface area contributed by atoms with E-state index < -0.39 is 26.5 Å². The number of nitro groups is 1. The van der Waals surface area contributed by atoms with Crippen molar-refractivity contribution in [3.8, 4) is 0 Å². The maximum Gasteiger partial charge on any atom is 0.306 e. The van der Waals surface area contributed by atoms with E-state index >= 15 is 0 Å². The third-order valence-electron chi connectivity index (χ3n) is 1.84. The highest BCUT2D eigenvalue weighted by Crippen LogP contribution is 2.21. The molecule has 17 heavy (non-hydrogen) atoms. The number of nitrogens with zero attached hydrogens (tertiary/aromatic N) is 1. The van der Waals surface area contributed by atoms with Gasteiger partial charge >= 0.3 is 5.69 Å². The van der Waals surface area contributed by atoms with Crippen LogP contribution in [0.2, 0.25) is 0 Å². The number of hydrogen-bond acceptors (Lipinski definition) is 4. The predicted octanol–water partition coefficient (Wildman–Crippen LogP) is 1.20. The fraction of sp³-hybridized carbons (Fsp3) is 0.111. The molecule has 8 heteroatoms. The topological polar surface area (TPSA) is 89.3 Å². The number of nitrogens with one attached hydrogen (secondary N) is 1. The molecule has 6 nitrogen and oxygen atoms in total. The van der Waals surface area contributed by atoms with Crippen LogP contribution in [0.3, 0.4) is 0 Å². The van der Waals surface area contributed by atoms with Crippen molar-refractivity contribution in [2.45, 2.75) is 4.90 Å². The SMILES string of the molecule is C=CCNS(=O)(=O)c1ccc(F)c([N+](=O)[O-])c1. The van der Waals surface area contributed by atoms with E-state index in [1.165, 1.54) is 6.08 Å². The first-order valence-corrected chi connectivity index (χ1v) is 5.91. The molecule has 1 aromatic carbocycles. The molecule has 0 unspecified atom stereocenters. The van der Waals surface area contributed by atoms with Crippen molar-refractivity contribution in [2.75, 3.05) is 6.54 Å². The van der Waals surface area contributed by atoms with Crippen molar-refractivity contribution in [2.24, 2.45) is 0 Å². The molecule has 0 aliphatic carbocycles. The minimum atomic E-state index is -3.89. The third kappa shape index (κ3) is 3.08. The van der Waals surface area contributed by atoms with E-state index in [2.05, 4.69) is 11.3 Å². The summed E-state index contributed by atoms with van der Waals surface area (Å²) < 4.78 is 38.3. The molecule has 1 rings (SSSR count). The van der Waals surface area contributed by atoms with Crippen molar-refractivity contribution in [3.05, 3.63) is 46.8 Å². The fourth-order valence-corrected chi connectivity index (χ4v) is 2.07. The van der Waals surface area contributed by atoms with Crippen molar-refractivity contribution in [3.63, 3.8) is 0 Å². The van der Waals surface area contributed by atoms with Gasteiger partial charge in [-0.05, 0) is 12.1 Å². The first-order chi connectivity index (χ1) is 7.88. The smallest absolute Gasteiger partial charge is 0.258 e. The second kappa shape index (κ2) is 5.02. The average Bonchev–Trinajstić information content (AvgIpc) is 2.26. The highest BCUT2D eigenvalue weighted by atomic mass is 32.2. The van der Waals surface area contributed by atoms with Gasteiger partial charge in [0.25, 0.3) is 0 Å². The van der Waals surface area contributed by atoms with Crippen LogP contribution < -0.4 is 4.72 Å². The Morgan fingerprint density at radius 1 is 1.53 bits per heavy atom. The summed E-state index contributed by atoms with van der Waals surface area (Å²) in [6.45, 7) is 3.30. The molecule has 0 fully saturated rings. The van der Waals surface area contributed by atoms with E-state index in [9.17, 15) is 22.9 Å². The number of hydrogen-bond donors (Lipinski definition) is 1. The molecule has 0 aromatic heterocycles. The summed E-state index contributed by atoms with van der Waals surface area (Å²) in [4.78, 5) is 9.10. The summed E-state index contributed by atoms with van der Waals surface area (Å²) in [7, 11) is -3.89. The van der Waals surface area contributed by atoms with E-state index in [1.54, 1.807) is 0 Å². The lowest BCUT2D eigenvalue weighted by molar-refractivity contribution is -0.387. The number of rotatable bonds is 5. The molecule has 92 valence electrons. The second-order valence-corrected chi connectivity index (χ2v) is 4.78. The monoisotopic (exact) mass is 260 g/mol. The van der Waals surface area contributed by atoms with Gasteiger partial charge in [0.05, 0.1) is 9.82 Å². The molecular formula is C9H9FN2O4S. The van der Waals surface area contributed by atoms with Crippen molar-refractivity contribution >= 4 is 15.7 Å². The van der Waals surface area contributed by atoms with Gasteiger partial charge in [-0.1, -0.05) is 6.08 Å². The lowest BCUT2D eigenvalue weighted by Crippen LogP contribution is -2.23. The first-order valence-electron chi connectivity index (χ1n) is 4.43. The molecule has 0 heterocycles. The quantitative estimate of drug-likeness (QED) is 0.489. The summed E-state index contributed by atoms with van der Waals surface area (Å²) in [6.07, 6.45) is 1.31. The molecule has 1 N–H and O–H groups in total. The first kappa shape index (κ1) is 13.3. The van der Waals surface area contributed by atoms with Crippen molar-refractivity contribution in [1.82, 2.24) is 4.72 Å². The number of sulfonamides is 1. The van der Waals surface area contributed by atoms with Crippen molar-refractivity contribution in [1.29, 1.82) is 0 Å². The Balaban J connectivity index is 3.20. The van der Waals surface area contributed by atoms with Crippen LogP contribution in [-0.4, -0.2) is 19.9 Å². The fourth-order valence-electron chi connectivity index (χ4n) is 1.05. The van der Waals surface area contributed by atoms with Crippen LogP contribution in [-0.2, 0) is 10.0 Å². The van der Waals surface area contributed by atoms with Gasteiger partial charge in [0.2, 0.25) is 15.8 Å². The number of halogens is 1. The highest BCUT2D eigenvalue weighted by molar-refractivity contribution is 7.89. The molecule has 0 atom stereocenters. The Morgan fingerprint density at radius 3 is 2.71 bits per heavy atom. The zero-order valence-corrected chi connectivity index (χ0v) is 9.41. The van der Waals surface area contributed by atoms with E-state index in [0.29, 0.717) is 6.07 Å². The normalized spacial score (nSPS) is 11.1. The summed E-state index contributed by atoms with van der Waals surface area (Å²) >= 11 is 0. The molecule has 0 aliphatic rings. The maximum atomic E-state index is 13.0. The maximum absolute atomic E-state index is 13.0. The molecule has 0 saturated carbocycles. The van der Waals surface area contributed by atoms with Crippen LogP contribution >= 0.6 is 0 Å². The Kier molecular flexibility index (Phi) is 3.92. The summed E-state index contributed by atoms with van der Waals surface area (Å²) in [5.74, 6) is -1.09. The van der Waals surface area contributed by atoms with E-state index in [0.717, 1.165) is 12.1 Å². The van der Waals surface area contributed by atoms with Crippen molar-refractivity contribution < 1.29 is 17.7 Å². The van der Waals surface area contributed by atoms with E-state index in [4.69, 9.17) is 0 Å². The molecule has 0 amide bonds. The zero-order chi connectivity index (χ0) is 13.1. The molecule has 1 aromatic rings. The van der Waals surface area contributed by atoms with Gasteiger partial charge in [0.15, 0.2) is 0 Å². The Morgan fingerprint density at radius 2 is 2.18 bits per heavy atom. The molecule has 0 radical (unpaired) electrons. The molecular weight excluding hydrogens is 251 g/mol. The lowest BCUT2D eigenvalue weighted by Gasteiger charge is -2.04. The Labute approximate surface area is 97.0 Å². The largest absolute Gasteiger partial charge is 0.306 e. The Bertz CT molecular complexity index is 556. The summed E-state index contributed by atoms with van der Waals surface area (Å²) in [5.41, 5.74) is -0.883. The minimum absolute atomic E-state index is 0.0203. The van der Waals surface area contributed by atoms with Crippen LogP contribution in [0.15, 0.2) is 35.7 Å². The number of nitro benzene ring substituents is 1. The van der Waals surface area contributed by atoms with Gasteiger partial charge in [-0.15, -0.1) is 6.58 Å². The molecule has 0 bridgehead atoms. The van der Waals surface area contributed by atoms with Crippen LogP contribution in [0.1, 0.15) is 0 Å². The standard InChI is InChI=1S/C9H9FN2O4S/c1-2-5-11-17(15,16)7-3-4-8(10)9(6-7)12(13)14/h2-4,6,11H,1,5H2. The highest BCUT2D eigenvalue weighted by Gasteiger charge is 2.20. The van der Waals surface area contributed by atoms with Crippen LogP contribution in [0.25, 0.3) is 0 Å². The predicted molar refractivity (Wildman–Crippen MR) is 58.4 cm³/mol. The van der Waals surface area contributed by atoms with E-state index in [-0.39, 0.29) is 11.4 Å². The summed E-state index contributed by atoms with van der Waals surface area (Å²) in [6, 6.07) is 2.36. The lowest BCUT2D eigenvalue weighted by atomic mass is 10.3. The zero-order valence-electron chi connectivity index (χ0n) is 8.59. The Hall–Kier alpha value is -1.80. The van der Waals surface area contributed by atoms with Crippen LogP contribution in [0.5, 0.6) is 0 Å². The summed E-state index contributed by atoms with van der Waals surface area (Å²) in [5, 5.41) is 10.4. The van der Waals surface area contributed by atoms with Gasteiger partial charge in [0, 0.05) is 12.6 Å². The van der Waals surface area contributed by atoms with Gasteiger partial charge in [-0.2, -0.15) is 4.39 Å². The average molecular weight is 260 g/mol. The molecule has 0 spiro atoms. The second-order valence-electron chi connectivity index (χ2n) is 3.01. The molecule has 0 saturated heterocycles.